The van der Waals surface area contributed by atoms with Gasteiger partial charge in [-0.2, -0.15) is 9.78 Å². The molecule has 0 atom stereocenters. The van der Waals surface area contributed by atoms with Crippen molar-refractivity contribution >= 4 is 27.6 Å². The van der Waals surface area contributed by atoms with Gasteiger partial charge in [0.05, 0.1) is 26.0 Å². The number of nitrogens with zero attached hydrogens (tertiary/aromatic N) is 3. The van der Waals surface area contributed by atoms with Gasteiger partial charge in [0, 0.05) is 43.0 Å². The first-order chi connectivity index (χ1) is 22.1. The molecule has 4 aromatic rings. The zero-order valence-corrected chi connectivity index (χ0v) is 25.8. The van der Waals surface area contributed by atoms with Gasteiger partial charge in [-0.3, -0.25) is 9.69 Å². The lowest BCUT2D eigenvalue weighted by atomic mass is 10.2. The normalized spacial score (nSPS) is 13.7. The number of hydrogen-bond donors (Lipinski definition) is 3. The maximum atomic E-state index is 14.1. The highest BCUT2D eigenvalue weighted by atomic mass is 32.2. The first-order valence-electron chi connectivity index (χ1n) is 14.2. The number of rotatable bonds is 12. The Morgan fingerprint density at radius 1 is 1.07 bits per heavy atom. The van der Waals surface area contributed by atoms with Gasteiger partial charge < -0.3 is 24.6 Å². The number of hydrogen-bond acceptors (Lipinski definition) is 9. The molecule has 3 aromatic carbocycles. The Bertz CT molecular complexity index is 1840. The number of methoxy groups -OCH3 is 1. The highest BCUT2D eigenvalue weighted by Crippen LogP contribution is 2.35. The molecule has 1 aliphatic rings. The molecule has 1 aliphatic heterocycles. The largest absolute Gasteiger partial charge is 0.497 e. The lowest BCUT2D eigenvalue weighted by Gasteiger charge is -2.26. The third kappa shape index (κ3) is 7.51. The van der Waals surface area contributed by atoms with Gasteiger partial charge in [-0.05, 0) is 67.6 Å². The third-order valence-electron chi connectivity index (χ3n) is 7.20. The number of morpholine rings is 1. The van der Waals surface area contributed by atoms with Gasteiger partial charge in [0.2, 0.25) is 15.9 Å². The second-order valence-electron chi connectivity index (χ2n) is 10.3. The molecule has 5 rings (SSSR count). The number of carbonyl (C=O) groups excluding carboxylic acids is 1. The van der Waals surface area contributed by atoms with E-state index in [1.807, 2.05) is 0 Å². The standard InChI is InChI=1S/C31H32FN5O8S/c1-20-28(31(39)40)35-37(24-5-3-4-22(32)18-24)30(20)45-26-11-8-23(34-29(38)21-6-9-25(43-2)10-7-21)19-27(26)46(41,42)33-12-13-36-14-16-44-17-15-36/h3-11,18-19,33H,12-17H2,1-2H3,(H,34,38)(H,39,40). The Hall–Kier alpha value is -4.83. The minimum atomic E-state index is -4.26. The van der Waals surface area contributed by atoms with Crippen LogP contribution in [-0.2, 0) is 14.8 Å². The van der Waals surface area contributed by atoms with Gasteiger partial charge in [0.1, 0.15) is 22.2 Å². The molecule has 13 nitrogen and oxygen atoms in total. The van der Waals surface area contributed by atoms with Crippen molar-refractivity contribution in [2.24, 2.45) is 0 Å². The first-order valence-corrected chi connectivity index (χ1v) is 15.7. The summed E-state index contributed by atoms with van der Waals surface area (Å²) in [5.74, 6) is -2.20. The van der Waals surface area contributed by atoms with Crippen LogP contribution in [0.5, 0.6) is 17.4 Å². The Morgan fingerprint density at radius 3 is 2.48 bits per heavy atom. The van der Waals surface area contributed by atoms with Crippen LogP contribution >= 0.6 is 0 Å². The fourth-order valence-corrected chi connectivity index (χ4v) is 5.93. The number of ether oxygens (including phenoxy) is 3. The second kappa shape index (κ2) is 14.1. The van der Waals surface area contributed by atoms with Gasteiger partial charge in [-0.25, -0.2) is 22.3 Å². The molecule has 1 aromatic heterocycles. The van der Waals surface area contributed by atoms with Crippen LogP contribution in [0.4, 0.5) is 10.1 Å². The van der Waals surface area contributed by atoms with E-state index in [2.05, 4.69) is 20.0 Å². The highest BCUT2D eigenvalue weighted by molar-refractivity contribution is 7.89. The summed E-state index contributed by atoms with van der Waals surface area (Å²) in [6.07, 6.45) is 0. The number of aromatic nitrogens is 2. The van der Waals surface area contributed by atoms with Gasteiger partial charge in [-0.1, -0.05) is 6.07 Å². The number of anilines is 1. The minimum Gasteiger partial charge on any atom is -0.497 e. The van der Waals surface area contributed by atoms with Crippen LogP contribution in [0, 0.1) is 12.7 Å². The highest BCUT2D eigenvalue weighted by Gasteiger charge is 2.27. The zero-order valence-electron chi connectivity index (χ0n) is 25.0. The number of halogens is 1. The van der Waals surface area contributed by atoms with Crippen LogP contribution in [0.2, 0.25) is 0 Å². The van der Waals surface area contributed by atoms with E-state index >= 15 is 0 Å². The molecule has 46 heavy (non-hydrogen) atoms. The lowest BCUT2D eigenvalue weighted by molar-refractivity contribution is 0.0390. The molecule has 0 bridgehead atoms. The Kier molecular flexibility index (Phi) is 9.96. The second-order valence-corrected chi connectivity index (χ2v) is 12.0. The van der Waals surface area contributed by atoms with Crippen LogP contribution in [0.3, 0.4) is 0 Å². The minimum absolute atomic E-state index is 0.0770. The average Bonchev–Trinajstić information content (AvgIpc) is 3.38. The summed E-state index contributed by atoms with van der Waals surface area (Å²) < 4.78 is 61.8. The number of carboxylic acids is 1. The summed E-state index contributed by atoms with van der Waals surface area (Å²) in [7, 11) is -2.75. The number of aromatic carboxylic acids is 1. The molecule has 1 amide bonds. The Morgan fingerprint density at radius 2 is 1.80 bits per heavy atom. The molecule has 1 saturated heterocycles. The summed E-state index contributed by atoms with van der Waals surface area (Å²) in [6, 6.07) is 15.6. The van der Waals surface area contributed by atoms with Crippen molar-refractivity contribution in [2.45, 2.75) is 11.8 Å². The monoisotopic (exact) mass is 653 g/mol. The van der Waals surface area contributed by atoms with E-state index in [9.17, 15) is 27.5 Å². The summed E-state index contributed by atoms with van der Waals surface area (Å²) in [4.78, 5) is 26.6. The number of amides is 1. The molecule has 15 heteroatoms. The summed E-state index contributed by atoms with van der Waals surface area (Å²) in [6.45, 7) is 4.39. The quantitative estimate of drug-likeness (QED) is 0.206. The lowest BCUT2D eigenvalue weighted by Crippen LogP contribution is -2.41. The predicted molar refractivity (Wildman–Crippen MR) is 165 cm³/mol. The molecular weight excluding hydrogens is 621 g/mol. The van der Waals surface area contributed by atoms with E-state index in [0.717, 1.165) is 10.7 Å². The van der Waals surface area contributed by atoms with E-state index in [0.29, 0.717) is 44.2 Å². The smallest absolute Gasteiger partial charge is 0.356 e. The summed E-state index contributed by atoms with van der Waals surface area (Å²) >= 11 is 0. The van der Waals surface area contributed by atoms with E-state index < -0.39 is 27.7 Å². The molecule has 0 aliphatic carbocycles. The number of sulfonamides is 1. The maximum absolute atomic E-state index is 14.1. The molecule has 242 valence electrons. The zero-order chi connectivity index (χ0) is 32.8. The molecule has 0 spiro atoms. The number of carbonyl (C=O) groups is 2. The van der Waals surface area contributed by atoms with Gasteiger partial charge >= 0.3 is 5.97 Å². The molecule has 0 radical (unpaired) electrons. The molecule has 1 fully saturated rings. The molecule has 3 N–H and O–H groups in total. The average molecular weight is 654 g/mol. The van der Waals surface area contributed by atoms with Crippen LogP contribution in [0.25, 0.3) is 5.69 Å². The first kappa shape index (κ1) is 32.6. The van der Waals surface area contributed by atoms with E-state index in [-0.39, 0.29) is 45.7 Å². The Labute approximate surface area is 264 Å². The fraction of sp³-hybridized carbons (Fsp3) is 0.258. The van der Waals surface area contributed by atoms with E-state index in [1.165, 1.54) is 50.4 Å². The van der Waals surface area contributed by atoms with E-state index in [1.54, 1.807) is 24.3 Å². The fourth-order valence-electron chi connectivity index (χ4n) is 4.76. The summed E-state index contributed by atoms with van der Waals surface area (Å²) in [5, 5.41) is 16.5. The summed E-state index contributed by atoms with van der Waals surface area (Å²) in [5.41, 5.74) is 0.336. The van der Waals surface area contributed by atoms with Crippen molar-refractivity contribution in [2.75, 3.05) is 51.8 Å². The van der Waals surface area contributed by atoms with Crippen molar-refractivity contribution in [1.82, 2.24) is 19.4 Å². The van der Waals surface area contributed by atoms with Crippen molar-refractivity contribution in [3.05, 3.63) is 89.4 Å². The third-order valence-corrected chi connectivity index (χ3v) is 8.68. The predicted octanol–water partition coefficient (Wildman–Crippen LogP) is 3.68. The van der Waals surface area contributed by atoms with Crippen molar-refractivity contribution in [3.8, 4) is 23.1 Å². The van der Waals surface area contributed by atoms with Crippen LogP contribution in [-0.4, -0.2) is 86.6 Å². The van der Waals surface area contributed by atoms with Crippen molar-refractivity contribution in [3.63, 3.8) is 0 Å². The number of carboxylic acid groups (broad SMARTS) is 1. The molecule has 0 unspecified atom stereocenters. The molecule has 0 saturated carbocycles. The van der Waals surface area contributed by atoms with Crippen LogP contribution in [0.15, 0.2) is 71.6 Å². The number of benzene rings is 3. The molecule has 2 heterocycles. The van der Waals surface area contributed by atoms with Crippen molar-refractivity contribution < 1.29 is 41.7 Å². The topological polar surface area (TPSA) is 161 Å². The van der Waals surface area contributed by atoms with E-state index in [4.69, 9.17) is 14.2 Å². The Balaban J connectivity index is 1.50. The van der Waals surface area contributed by atoms with Crippen LogP contribution in [0.1, 0.15) is 26.4 Å². The SMILES string of the molecule is COc1ccc(C(=O)Nc2ccc(Oc3c(C)c(C(=O)O)nn3-c3cccc(F)c3)c(S(=O)(=O)NCCN3CCOCC3)c2)cc1. The number of nitrogens with one attached hydrogen (secondary N) is 2. The van der Waals surface area contributed by atoms with Gasteiger partial charge in [0.15, 0.2) is 5.69 Å². The molecular formula is C31H32FN5O8S. The van der Waals surface area contributed by atoms with Gasteiger partial charge in [0.25, 0.3) is 5.91 Å². The van der Waals surface area contributed by atoms with Crippen LogP contribution < -0.4 is 19.5 Å². The van der Waals surface area contributed by atoms with Gasteiger partial charge in [-0.15, -0.1) is 0 Å². The maximum Gasteiger partial charge on any atom is 0.356 e. The van der Waals surface area contributed by atoms with Crippen molar-refractivity contribution in [1.29, 1.82) is 0 Å².